The van der Waals surface area contributed by atoms with Crippen molar-refractivity contribution < 1.29 is 4.79 Å². The van der Waals surface area contributed by atoms with Crippen LogP contribution in [0.25, 0.3) is 0 Å². The number of piperidine rings is 1. The topological polar surface area (TPSA) is 46.1 Å². The molecule has 1 saturated heterocycles. The maximum absolute atomic E-state index is 10.5. The molecule has 0 N–H and O–H groups in total. The lowest BCUT2D eigenvalue weighted by Crippen LogP contribution is -2.36. The maximum atomic E-state index is 10.5. The molecule has 2 heterocycles. The SMILES string of the molecule is CC(CC=O)C1CCN(c2ncc(Cl)cn2)CC1. The first-order valence-corrected chi connectivity index (χ1v) is 6.74. The first-order chi connectivity index (χ1) is 8.70. The predicted octanol–water partition coefficient (Wildman–Crippen LogP) is 2.57. The first kappa shape index (κ1) is 13.3. The number of hydrogen-bond acceptors (Lipinski definition) is 4. The molecule has 0 aromatic carbocycles. The zero-order valence-corrected chi connectivity index (χ0v) is 11.3. The molecule has 1 unspecified atom stereocenters. The van der Waals surface area contributed by atoms with Crippen LogP contribution in [0.3, 0.4) is 0 Å². The monoisotopic (exact) mass is 267 g/mol. The van der Waals surface area contributed by atoms with Crippen LogP contribution in [0.5, 0.6) is 0 Å². The Labute approximate surface area is 112 Å². The fraction of sp³-hybridized carbons (Fsp3) is 0.615. The summed E-state index contributed by atoms with van der Waals surface area (Å²) >= 11 is 5.77. The summed E-state index contributed by atoms with van der Waals surface area (Å²) in [4.78, 5) is 21.2. The molecule has 0 aliphatic carbocycles. The van der Waals surface area contributed by atoms with Crippen LogP contribution in [0.15, 0.2) is 12.4 Å². The van der Waals surface area contributed by atoms with E-state index in [0.717, 1.165) is 38.2 Å². The highest BCUT2D eigenvalue weighted by atomic mass is 35.5. The van der Waals surface area contributed by atoms with Crippen molar-refractivity contribution in [3.63, 3.8) is 0 Å². The molecule has 1 aromatic heterocycles. The fourth-order valence-electron chi connectivity index (χ4n) is 2.48. The summed E-state index contributed by atoms with van der Waals surface area (Å²) in [6.07, 6.45) is 7.15. The molecule has 4 nitrogen and oxygen atoms in total. The molecular weight excluding hydrogens is 250 g/mol. The zero-order valence-electron chi connectivity index (χ0n) is 10.6. The second-order valence-corrected chi connectivity index (χ2v) is 5.34. The minimum absolute atomic E-state index is 0.482. The number of halogens is 1. The van der Waals surface area contributed by atoms with Gasteiger partial charge < -0.3 is 9.69 Å². The van der Waals surface area contributed by atoms with Gasteiger partial charge in [0, 0.05) is 19.5 Å². The molecule has 1 fully saturated rings. The lowest BCUT2D eigenvalue weighted by atomic mass is 9.84. The Morgan fingerprint density at radius 1 is 1.44 bits per heavy atom. The molecule has 0 spiro atoms. The largest absolute Gasteiger partial charge is 0.341 e. The summed E-state index contributed by atoms with van der Waals surface area (Å²) in [7, 11) is 0. The van der Waals surface area contributed by atoms with E-state index in [4.69, 9.17) is 11.6 Å². The lowest BCUT2D eigenvalue weighted by Gasteiger charge is -2.34. The van der Waals surface area contributed by atoms with Crippen molar-refractivity contribution >= 4 is 23.8 Å². The minimum Gasteiger partial charge on any atom is -0.341 e. The van der Waals surface area contributed by atoms with Crippen LogP contribution in [0, 0.1) is 11.8 Å². The number of aromatic nitrogens is 2. The van der Waals surface area contributed by atoms with E-state index in [1.807, 2.05) is 0 Å². The van der Waals surface area contributed by atoms with Crippen molar-refractivity contribution in [2.45, 2.75) is 26.2 Å². The van der Waals surface area contributed by atoms with Crippen LogP contribution in [0.2, 0.25) is 5.02 Å². The normalized spacial score (nSPS) is 18.7. The second kappa shape index (κ2) is 6.14. The van der Waals surface area contributed by atoms with Gasteiger partial charge >= 0.3 is 0 Å². The maximum Gasteiger partial charge on any atom is 0.225 e. The summed E-state index contributed by atoms with van der Waals surface area (Å²) in [6.45, 7) is 4.07. The highest BCUT2D eigenvalue weighted by molar-refractivity contribution is 6.30. The fourth-order valence-corrected chi connectivity index (χ4v) is 2.58. The standard InChI is InChI=1S/C13H18ClN3O/c1-10(4-7-18)11-2-5-17(6-3-11)13-15-8-12(14)9-16-13/h7-11H,2-6H2,1H3. The lowest BCUT2D eigenvalue weighted by molar-refractivity contribution is -0.108. The van der Waals surface area contributed by atoms with Crippen LogP contribution >= 0.6 is 11.6 Å². The average Bonchev–Trinajstić information content (AvgIpc) is 2.40. The number of hydrogen-bond donors (Lipinski definition) is 0. The van der Waals surface area contributed by atoms with Crippen LogP contribution < -0.4 is 4.90 Å². The Bertz CT molecular complexity index is 388. The summed E-state index contributed by atoms with van der Waals surface area (Å²) < 4.78 is 0. The molecule has 1 aromatic rings. The van der Waals surface area contributed by atoms with Gasteiger partial charge in [-0.3, -0.25) is 0 Å². The highest BCUT2D eigenvalue weighted by Gasteiger charge is 2.24. The van der Waals surface area contributed by atoms with Gasteiger partial charge in [-0.25, -0.2) is 9.97 Å². The van der Waals surface area contributed by atoms with Gasteiger partial charge in [-0.2, -0.15) is 0 Å². The average molecular weight is 268 g/mol. The second-order valence-electron chi connectivity index (χ2n) is 4.91. The molecule has 1 atom stereocenters. The summed E-state index contributed by atoms with van der Waals surface area (Å²) in [5, 5.41) is 0.563. The van der Waals surface area contributed by atoms with Gasteiger partial charge in [0.2, 0.25) is 5.95 Å². The Hall–Kier alpha value is -1.16. The molecule has 0 radical (unpaired) electrons. The van der Waals surface area contributed by atoms with Crippen LogP contribution in [-0.2, 0) is 4.79 Å². The number of nitrogens with zero attached hydrogens (tertiary/aromatic N) is 3. The van der Waals surface area contributed by atoms with Gasteiger partial charge in [-0.15, -0.1) is 0 Å². The summed E-state index contributed by atoms with van der Waals surface area (Å²) in [5.74, 6) is 1.87. The van der Waals surface area contributed by atoms with Crippen molar-refractivity contribution in [3.05, 3.63) is 17.4 Å². The van der Waals surface area contributed by atoms with E-state index in [1.54, 1.807) is 12.4 Å². The van der Waals surface area contributed by atoms with Crippen molar-refractivity contribution in [3.8, 4) is 0 Å². The number of rotatable bonds is 4. The molecule has 0 bridgehead atoms. The van der Waals surface area contributed by atoms with Crippen molar-refractivity contribution in [1.29, 1.82) is 0 Å². The van der Waals surface area contributed by atoms with Gasteiger partial charge in [0.05, 0.1) is 17.4 Å². The number of anilines is 1. The third kappa shape index (κ3) is 3.19. The Morgan fingerprint density at radius 3 is 2.61 bits per heavy atom. The smallest absolute Gasteiger partial charge is 0.225 e. The van der Waals surface area contributed by atoms with E-state index < -0.39 is 0 Å². The summed E-state index contributed by atoms with van der Waals surface area (Å²) in [6, 6.07) is 0. The molecule has 98 valence electrons. The van der Waals surface area contributed by atoms with Gasteiger partial charge in [0.15, 0.2) is 0 Å². The molecular formula is C13H18ClN3O. The van der Waals surface area contributed by atoms with E-state index in [2.05, 4.69) is 21.8 Å². The van der Waals surface area contributed by atoms with Gasteiger partial charge in [-0.1, -0.05) is 18.5 Å². The molecule has 1 aliphatic rings. The van der Waals surface area contributed by atoms with Crippen LogP contribution in [0.1, 0.15) is 26.2 Å². The third-order valence-electron chi connectivity index (χ3n) is 3.70. The predicted molar refractivity (Wildman–Crippen MR) is 71.8 cm³/mol. The van der Waals surface area contributed by atoms with Crippen molar-refractivity contribution in [2.75, 3.05) is 18.0 Å². The van der Waals surface area contributed by atoms with E-state index in [1.165, 1.54) is 0 Å². The Balaban J connectivity index is 1.90. The van der Waals surface area contributed by atoms with Crippen molar-refractivity contribution in [1.82, 2.24) is 9.97 Å². The molecule has 1 aliphatic heterocycles. The zero-order chi connectivity index (χ0) is 13.0. The Kier molecular flexibility index (Phi) is 4.53. The summed E-state index contributed by atoms with van der Waals surface area (Å²) in [5.41, 5.74) is 0. The molecule has 5 heteroatoms. The van der Waals surface area contributed by atoms with Crippen molar-refractivity contribution in [2.24, 2.45) is 11.8 Å². The Morgan fingerprint density at radius 2 is 2.06 bits per heavy atom. The quantitative estimate of drug-likeness (QED) is 0.787. The highest BCUT2D eigenvalue weighted by Crippen LogP contribution is 2.27. The van der Waals surface area contributed by atoms with E-state index in [-0.39, 0.29) is 0 Å². The van der Waals surface area contributed by atoms with E-state index in [0.29, 0.717) is 23.3 Å². The van der Waals surface area contributed by atoms with Crippen LogP contribution in [-0.4, -0.2) is 29.3 Å². The van der Waals surface area contributed by atoms with Gasteiger partial charge in [-0.05, 0) is 24.7 Å². The minimum atomic E-state index is 0.482. The molecule has 0 amide bonds. The van der Waals surface area contributed by atoms with Gasteiger partial charge in [0.25, 0.3) is 0 Å². The molecule has 18 heavy (non-hydrogen) atoms. The van der Waals surface area contributed by atoms with Crippen LogP contribution in [0.4, 0.5) is 5.95 Å². The van der Waals surface area contributed by atoms with E-state index in [9.17, 15) is 4.79 Å². The first-order valence-electron chi connectivity index (χ1n) is 6.37. The van der Waals surface area contributed by atoms with Gasteiger partial charge in [0.1, 0.15) is 6.29 Å². The number of carbonyl (C=O) groups is 1. The molecule has 2 rings (SSSR count). The third-order valence-corrected chi connectivity index (χ3v) is 3.90. The molecule has 0 saturated carbocycles. The van der Waals surface area contributed by atoms with E-state index >= 15 is 0 Å². The number of carbonyl (C=O) groups excluding carboxylic acids is 1. The number of aldehydes is 1.